The zero-order chi connectivity index (χ0) is 15.0. The minimum Gasteiger partial charge on any atom is -0.350 e. The fourth-order valence-corrected chi connectivity index (χ4v) is 2.73. The quantitative estimate of drug-likeness (QED) is 0.698. The van der Waals surface area contributed by atoms with Crippen molar-refractivity contribution in [2.45, 2.75) is 6.92 Å². The number of nitrogens with one attached hydrogen (secondary N) is 2. The van der Waals surface area contributed by atoms with Gasteiger partial charge in [0.1, 0.15) is 11.5 Å². The lowest BCUT2D eigenvalue weighted by atomic mass is 10.2. The van der Waals surface area contributed by atoms with Crippen molar-refractivity contribution in [3.05, 3.63) is 64.0 Å². The Morgan fingerprint density at radius 2 is 2.00 bits per heavy atom. The molecule has 0 spiro atoms. The van der Waals surface area contributed by atoms with E-state index in [-0.39, 0.29) is 11.7 Å². The van der Waals surface area contributed by atoms with Gasteiger partial charge in [0.25, 0.3) is 5.91 Å². The van der Waals surface area contributed by atoms with Gasteiger partial charge < -0.3 is 10.3 Å². The normalized spacial score (nSPS) is 10.8. The van der Waals surface area contributed by atoms with Gasteiger partial charge in [-0.05, 0) is 64.8 Å². The molecule has 0 fully saturated rings. The van der Waals surface area contributed by atoms with E-state index in [0.717, 1.165) is 15.4 Å². The largest absolute Gasteiger partial charge is 0.350 e. The van der Waals surface area contributed by atoms with Crippen molar-refractivity contribution < 1.29 is 9.18 Å². The maximum absolute atomic E-state index is 13.2. The van der Waals surface area contributed by atoms with E-state index in [4.69, 9.17) is 0 Å². The van der Waals surface area contributed by atoms with Gasteiger partial charge in [0.05, 0.1) is 5.69 Å². The zero-order valence-corrected chi connectivity index (χ0v) is 12.8. The van der Waals surface area contributed by atoms with E-state index in [1.807, 2.05) is 25.1 Å². The molecule has 0 atom stereocenters. The number of amides is 1. The van der Waals surface area contributed by atoms with E-state index in [9.17, 15) is 9.18 Å². The van der Waals surface area contributed by atoms with Gasteiger partial charge in [-0.1, -0.05) is 6.07 Å². The number of aromatic amines is 1. The number of halogens is 2. The summed E-state index contributed by atoms with van der Waals surface area (Å²) in [7, 11) is 0. The van der Waals surface area contributed by atoms with Gasteiger partial charge in [-0.2, -0.15) is 0 Å². The standard InChI is InChI=1S/C16H12BrFN2O/c1-9-2-5-13(12(17)6-9)20-16(21)15-7-10-3-4-11(18)8-14(10)19-15/h2-8,19H,1H3,(H,20,21). The highest BCUT2D eigenvalue weighted by molar-refractivity contribution is 9.10. The summed E-state index contributed by atoms with van der Waals surface area (Å²) in [5, 5.41) is 3.61. The molecule has 0 radical (unpaired) electrons. The summed E-state index contributed by atoms with van der Waals surface area (Å²) in [6.07, 6.45) is 0. The summed E-state index contributed by atoms with van der Waals surface area (Å²) in [6, 6.07) is 11.8. The first-order valence-corrected chi connectivity index (χ1v) is 7.18. The number of carbonyl (C=O) groups excluding carboxylic acids is 1. The molecular formula is C16H12BrFN2O. The van der Waals surface area contributed by atoms with Crippen LogP contribution in [-0.4, -0.2) is 10.9 Å². The number of aryl methyl sites for hydroxylation is 1. The molecule has 0 aliphatic carbocycles. The van der Waals surface area contributed by atoms with E-state index in [2.05, 4.69) is 26.2 Å². The molecule has 0 saturated carbocycles. The van der Waals surface area contributed by atoms with Crippen LogP contribution >= 0.6 is 15.9 Å². The van der Waals surface area contributed by atoms with Crippen molar-refractivity contribution in [1.29, 1.82) is 0 Å². The number of hydrogen-bond donors (Lipinski definition) is 2. The average molecular weight is 347 g/mol. The molecule has 0 unspecified atom stereocenters. The Balaban J connectivity index is 1.89. The number of benzene rings is 2. The minimum atomic E-state index is -0.336. The first-order valence-electron chi connectivity index (χ1n) is 6.39. The molecule has 21 heavy (non-hydrogen) atoms. The summed E-state index contributed by atoms with van der Waals surface area (Å²) in [5.41, 5.74) is 2.78. The van der Waals surface area contributed by atoms with Crippen LogP contribution in [0.5, 0.6) is 0 Å². The van der Waals surface area contributed by atoms with Crippen LogP contribution < -0.4 is 5.32 Å². The van der Waals surface area contributed by atoms with Crippen molar-refractivity contribution in [3.63, 3.8) is 0 Å². The number of rotatable bonds is 2. The van der Waals surface area contributed by atoms with Gasteiger partial charge >= 0.3 is 0 Å². The number of H-pyrrole nitrogens is 1. The highest BCUT2D eigenvalue weighted by atomic mass is 79.9. The molecule has 3 nitrogen and oxygen atoms in total. The third-order valence-electron chi connectivity index (χ3n) is 3.20. The number of aromatic nitrogens is 1. The number of hydrogen-bond acceptors (Lipinski definition) is 1. The van der Waals surface area contributed by atoms with Crippen molar-refractivity contribution in [2.24, 2.45) is 0 Å². The van der Waals surface area contributed by atoms with Crippen LogP contribution in [0.2, 0.25) is 0 Å². The van der Waals surface area contributed by atoms with Crippen LogP contribution in [0.1, 0.15) is 16.1 Å². The lowest BCUT2D eigenvalue weighted by molar-refractivity contribution is 0.102. The maximum Gasteiger partial charge on any atom is 0.272 e. The van der Waals surface area contributed by atoms with Gasteiger partial charge in [-0.15, -0.1) is 0 Å². The van der Waals surface area contributed by atoms with Crippen LogP contribution in [-0.2, 0) is 0 Å². The van der Waals surface area contributed by atoms with E-state index in [1.165, 1.54) is 12.1 Å². The number of carbonyl (C=O) groups is 1. The third kappa shape index (κ3) is 2.83. The fourth-order valence-electron chi connectivity index (χ4n) is 2.13. The van der Waals surface area contributed by atoms with Gasteiger partial charge in [0.15, 0.2) is 0 Å². The van der Waals surface area contributed by atoms with Crippen molar-refractivity contribution in [2.75, 3.05) is 5.32 Å². The van der Waals surface area contributed by atoms with Crippen molar-refractivity contribution in [1.82, 2.24) is 4.98 Å². The molecule has 0 aliphatic heterocycles. The predicted octanol–water partition coefficient (Wildman–Crippen LogP) is 4.63. The summed E-state index contributed by atoms with van der Waals surface area (Å²) in [6.45, 7) is 1.97. The van der Waals surface area contributed by atoms with Gasteiger partial charge in [-0.25, -0.2) is 4.39 Å². The Morgan fingerprint density at radius 3 is 2.76 bits per heavy atom. The Labute approximate surface area is 129 Å². The van der Waals surface area contributed by atoms with Gasteiger partial charge in [0.2, 0.25) is 0 Å². The molecule has 2 N–H and O–H groups in total. The first kappa shape index (κ1) is 13.8. The van der Waals surface area contributed by atoms with E-state index >= 15 is 0 Å². The molecule has 3 aromatic rings. The van der Waals surface area contributed by atoms with Crippen LogP contribution in [0.15, 0.2) is 46.9 Å². The lowest BCUT2D eigenvalue weighted by Crippen LogP contribution is -2.12. The summed E-state index contributed by atoms with van der Waals surface area (Å²) >= 11 is 3.42. The van der Waals surface area contributed by atoms with Crippen molar-refractivity contribution in [3.8, 4) is 0 Å². The molecule has 0 aliphatic rings. The summed E-state index contributed by atoms with van der Waals surface area (Å²) < 4.78 is 14.0. The topological polar surface area (TPSA) is 44.9 Å². The SMILES string of the molecule is Cc1ccc(NC(=O)c2cc3ccc(F)cc3[nH]2)c(Br)c1. The highest BCUT2D eigenvalue weighted by Crippen LogP contribution is 2.24. The fraction of sp³-hybridized carbons (Fsp3) is 0.0625. The van der Waals surface area contributed by atoms with Crippen LogP contribution in [0.25, 0.3) is 10.9 Å². The monoisotopic (exact) mass is 346 g/mol. The van der Waals surface area contributed by atoms with Crippen LogP contribution in [0.3, 0.4) is 0 Å². The molecule has 1 aromatic heterocycles. The molecule has 2 aromatic carbocycles. The molecule has 5 heteroatoms. The smallest absolute Gasteiger partial charge is 0.272 e. The maximum atomic E-state index is 13.2. The Hall–Kier alpha value is -2.14. The van der Waals surface area contributed by atoms with Gasteiger partial charge in [0, 0.05) is 15.4 Å². The Bertz CT molecular complexity index is 841. The molecular weight excluding hydrogens is 335 g/mol. The second kappa shape index (κ2) is 5.33. The molecule has 106 valence electrons. The highest BCUT2D eigenvalue weighted by Gasteiger charge is 2.11. The number of anilines is 1. The Morgan fingerprint density at radius 1 is 1.19 bits per heavy atom. The third-order valence-corrected chi connectivity index (χ3v) is 3.86. The van der Waals surface area contributed by atoms with Crippen molar-refractivity contribution >= 4 is 38.4 Å². The summed E-state index contributed by atoms with van der Waals surface area (Å²) in [5.74, 6) is -0.603. The Kier molecular flexibility index (Phi) is 3.51. The van der Waals surface area contributed by atoms with E-state index in [1.54, 1.807) is 12.1 Å². The van der Waals surface area contributed by atoms with Crippen LogP contribution in [0, 0.1) is 12.7 Å². The molecule has 3 rings (SSSR count). The van der Waals surface area contributed by atoms with E-state index in [0.29, 0.717) is 16.9 Å². The van der Waals surface area contributed by atoms with Crippen LogP contribution in [0.4, 0.5) is 10.1 Å². The van der Waals surface area contributed by atoms with E-state index < -0.39 is 0 Å². The first-order chi connectivity index (χ1) is 10.0. The second-order valence-electron chi connectivity index (χ2n) is 4.85. The lowest BCUT2D eigenvalue weighted by Gasteiger charge is -2.06. The van der Waals surface area contributed by atoms with Gasteiger partial charge in [-0.3, -0.25) is 4.79 Å². The zero-order valence-electron chi connectivity index (χ0n) is 11.2. The molecule has 1 amide bonds. The summed E-state index contributed by atoms with van der Waals surface area (Å²) in [4.78, 5) is 15.2. The minimum absolute atomic E-state index is 0.267. The predicted molar refractivity (Wildman–Crippen MR) is 85.1 cm³/mol. The molecule has 0 bridgehead atoms. The second-order valence-corrected chi connectivity index (χ2v) is 5.71. The average Bonchev–Trinajstić information content (AvgIpc) is 2.85. The molecule has 1 heterocycles. The molecule has 0 saturated heterocycles. The number of fused-ring (bicyclic) bond motifs is 1.